The fourth-order valence-corrected chi connectivity index (χ4v) is 3.79. The minimum atomic E-state index is -4.51. The summed E-state index contributed by atoms with van der Waals surface area (Å²) in [7, 11) is 1.53. The number of rotatable bonds is 6. The number of fused-ring (bicyclic) bond motifs is 1. The van der Waals surface area contributed by atoms with E-state index in [2.05, 4.69) is 15.7 Å². The number of carbonyl (C=O) groups is 1. The quantitative estimate of drug-likeness (QED) is 0.587. The Morgan fingerprint density at radius 1 is 1.19 bits per heavy atom. The predicted octanol–water partition coefficient (Wildman–Crippen LogP) is 4.52. The molecule has 0 spiro atoms. The van der Waals surface area contributed by atoms with Crippen LogP contribution in [0.2, 0.25) is 0 Å². The lowest BCUT2D eigenvalue weighted by Gasteiger charge is -2.33. The van der Waals surface area contributed by atoms with E-state index in [0.717, 1.165) is 10.2 Å². The van der Waals surface area contributed by atoms with Crippen molar-refractivity contribution in [2.24, 2.45) is 0 Å². The molecule has 1 aliphatic rings. The molecule has 2 aromatic carbocycles. The summed E-state index contributed by atoms with van der Waals surface area (Å²) in [6.45, 7) is 0.357. The molecule has 9 heteroatoms. The van der Waals surface area contributed by atoms with Crippen molar-refractivity contribution in [2.45, 2.75) is 31.1 Å². The second-order valence-electron chi connectivity index (χ2n) is 7.61. The standard InChI is InChI=1S/C23H23F3N4O2/c1-32-17-9-7-16(8-10-17)18-13-20(23(24,25)26)30-21(28-18)14-19(29-30)22(31)27-12-11-15-5-3-2-4-6-15/h2-10,14,18,20,28H,11-13H2,1H3,(H,27,31). The monoisotopic (exact) mass is 444 g/mol. The molecular weight excluding hydrogens is 421 g/mol. The van der Waals surface area contributed by atoms with Crippen LogP contribution in [0.25, 0.3) is 0 Å². The summed E-state index contributed by atoms with van der Waals surface area (Å²) in [6, 6.07) is 15.4. The largest absolute Gasteiger partial charge is 0.497 e. The number of alkyl halides is 3. The van der Waals surface area contributed by atoms with E-state index in [1.54, 1.807) is 24.3 Å². The number of methoxy groups -OCH3 is 1. The summed E-state index contributed by atoms with van der Waals surface area (Å²) in [5.74, 6) is 0.274. The Balaban J connectivity index is 1.51. The van der Waals surface area contributed by atoms with Crippen molar-refractivity contribution in [3.05, 3.63) is 77.5 Å². The maximum absolute atomic E-state index is 13.8. The zero-order chi connectivity index (χ0) is 22.7. The van der Waals surface area contributed by atoms with Crippen LogP contribution in [0.5, 0.6) is 5.75 Å². The third-order valence-corrected chi connectivity index (χ3v) is 5.48. The summed E-state index contributed by atoms with van der Waals surface area (Å²) < 4.78 is 47.4. The molecule has 2 heterocycles. The predicted molar refractivity (Wildman–Crippen MR) is 114 cm³/mol. The zero-order valence-corrected chi connectivity index (χ0v) is 17.4. The van der Waals surface area contributed by atoms with Gasteiger partial charge in [0.25, 0.3) is 5.91 Å². The number of nitrogens with one attached hydrogen (secondary N) is 2. The first-order valence-electron chi connectivity index (χ1n) is 10.2. The molecule has 2 atom stereocenters. The van der Waals surface area contributed by atoms with Crippen LogP contribution in [0.1, 0.15) is 40.1 Å². The van der Waals surface area contributed by atoms with Gasteiger partial charge in [0.2, 0.25) is 0 Å². The molecule has 0 fully saturated rings. The van der Waals surface area contributed by atoms with Crippen molar-refractivity contribution >= 4 is 11.7 Å². The highest BCUT2D eigenvalue weighted by molar-refractivity contribution is 5.93. The molecular formula is C23H23F3N4O2. The number of benzene rings is 2. The lowest BCUT2D eigenvalue weighted by molar-refractivity contribution is -0.173. The van der Waals surface area contributed by atoms with Gasteiger partial charge in [-0.25, -0.2) is 4.68 Å². The number of halogens is 3. The van der Waals surface area contributed by atoms with E-state index in [4.69, 9.17) is 4.74 Å². The van der Waals surface area contributed by atoms with E-state index in [-0.39, 0.29) is 17.9 Å². The normalized spacial score (nSPS) is 17.9. The van der Waals surface area contributed by atoms with Gasteiger partial charge in [-0.05, 0) is 29.7 Å². The Morgan fingerprint density at radius 2 is 1.91 bits per heavy atom. The van der Waals surface area contributed by atoms with Crippen LogP contribution < -0.4 is 15.4 Å². The molecule has 0 radical (unpaired) electrons. The Hall–Kier alpha value is -3.49. The highest BCUT2D eigenvalue weighted by atomic mass is 19.4. The van der Waals surface area contributed by atoms with Crippen LogP contribution in [0, 0.1) is 0 Å². The maximum atomic E-state index is 13.8. The van der Waals surface area contributed by atoms with E-state index in [1.165, 1.54) is 13.2 Å². The summed E-state index contributed by atoms with van der Waals surface area (Å²) in [4.78, 5) is 12.5. The third kappa shape index (κ3) is 4.71. The third-order valence-electron chi connectivity index (χ3n) is 5.48. The average Bonchev–Trinajstić information content (AvgIpc) is 3.23. The number of hydrogen-bond donors (Lipinski definition) is 2. The molecule has 32 heavy (non-hydrogen) atoms. The van der Waals surface area contributed by atoms with E-state index in [9.17, 15) is 18.0 Å². The number of ether oxygens (including phenoxy) is 1. The van der Waals surface area contributed by atoms with Crippen molar-refractivity contribution in [1.29, 1.82) is 0 Å². The van der Waals surface area contributed by atoms with Gasteiger partial charge >= 0.3 is 6.18 Å². The fraction of sp³-hybridized carbons (Fsp3) is 0.304. The van der Waals surface area contributed by atoms with Crippen molar-refractivity contribution in [3.63, 3.8) is 0 Å². The molecule has 4 rings (SSSR count). The molecule has 168 valence electrons. The summed E-state index contributed by atoms with van der Waals surface area (Å²) in [6.07, 6.45) is -4.13. The van der Waals surface area contributed by atoms with Gasteiger partial charge in [-0.15, -0.1) is 0 Å². The minimum Gasteiger partial charge on any atom is -0.497 e. The fourth-order valence-electron chi connectivity index (χ4n) is 3.79. The second-order valence-corrected chi connectivity index (χ2v) is 7.61. The highest BCUT2D eigenvalue weighted by Crippen LogP contribution is 2.43. The first-order valence-corrected chi connectivity index (χ1v) is 10.2. The number of hydrogen-bond acceptors (Lipinski definition) is 4. The first kappa shape index (κ1) is 21.7. The van der Waals surface area contributed by atoms with Gasteiger partial charge in [0.05, 0.1) is 13.2 Å². The van der Waals surface area contributed by atoms with E-state index >= 15 is 0 Å². The first-order chi connectivity index (χ1) is 15.3. The van der Waals surface area contributed by atoms with E-state index < -0.39 is 24.2 Å². The molecule has 3 aromatic rings. The minimum absolute atomic E-state index is 0.0507. The Labute approximate surface area is 183 Å². The molecule has 0 saturated heterocycles. The number of aromatic nitrogens is 2. The molecule has 0 saturated carbocycles. The van der Waals surface area contributed by atoms with E-state index in [0.29, 0.717) is 24.3 Å². The molecule has 1 aliphatic heterocycles. The van der Waals surface area contributed by atoms with Crippen molar-refractivity contribution in [1.82, 2.24) is 15.1 Å². The summed E-state index contributed by atoms with van der Waals surface area (Å²) in [5.41, 5.74) is 1.70. The Morgan fingerprint density at radius 3 is 2.56 bits per heavy atom. The lowest BCUT2D eigenvalue weighted by atomic mass is 9.97. The molecule has 1 amide bonds. The smallest absolute Gasteiger partial charge is 0.410 e. The summed E-state index contributed by atoms with van der Waals surface area (Å²) in [5, 5.41) is 9.80. The zero-order valence-electron chi connectivity index (χ0n) is 17.4. The van der Waals surface area contributed by atoms with E-state index in [1.807, 2.05) is 30.3 Å². The molecule has 2 N–H and O–H groups in total. The van der Waals surface area contributed by atoms with Crippen LogP contribution in [-0.4, -0.2) is 35.5 Å². The molecule has 2 unspecified atom stereocenters. The van der Waals surface area contributed by atoms with Gasteiger partial charge in [-0.1, -0.05) is 42.5 Å². The van der Waals surface area contributed by atoms with Gasteiger partial charge in [0.1, 0.15) is 11.6 Å². The van der Waals surface area contributed by atoms with Gasteiger partial charge in [0, 0.05) is 19.0 Å². The van der Waals surface area contributed by atoms with Crippen LogP contribution in [0.15, 0.2) is 60.7 Å². The van der Waals surface area contributed by atoms with Crippen LogP contribution in [0.3, 0.4) is 0 Å². The number of carbonyl (C=O) groups excluding carboxylic acids is 1. The summed E-state index contributed by atoms with van der Waals surface area (Å²) >= 11 is 0. The topological polar surface area (TPSA) is 68.2 Å². The number of anilines is 1. The van der Waals surface area contributed by atoms with Crippen molar-refractivity contribution < 1.29 is 22.7 Å². The maximum Gasteiger partial charge on any atom is 0.410 e. The Kier molecular flexibility index (Phi) is 6.07. The van der Waals surface area contributed by atoms with Gasteiger partial charge in [-0.3, -0.25) is 4.79 Å². The molecule has 1 aromatic heterocycles. The lowest BCUT2D eigenvalue weighted by Crippen LogP contribution is -2.35. The van der Waals surface area contributed by atoms with Gasteiger partial charge < -0.3 is 15.4 Å². The second kappa shape index (κ2) is 8.94. The number of nitrogens with zero attached hydrogens (tertiary/aromatic N) is 2. The van der Waals surface area contributed by atoms with Gasteiger partial charge in [-0.2, -0.15) is 18.3 Å². The van der Waals surface area contributed by atoms with Crippen LogP contribution in [0.4, 0.5) is 19.0 Å². The van der Waals surface area contributed by atoms with Crippen LogP contribution >= 0.6 is 0 Å². The molecule has 6 nitrogen and oxygen atoms in total. The van der Waals surface area contributed by atoms with Crippen molar-refractivity contribution in [2.75, 3.05) is 19.0 Å². The van der Waals surface area contributed by atoms with Crippen molar-refractivity contribution in [3.8, 4) is 5.75 Å². The average molecular weight is 444 g/mol. The highest BCUT2D eigenvalue weighted by Gasteiger charge is 2.46. The number of amides is 1. The van der Waals surface area contributed by atoms with Gasteiger partial charge in [0.15, 0.2) is 11.7 Å². The molecule has 0 aliphatic carbocycles. The Bertz CT molecular complexity index is 1070. The SMILES string of the molecule is COc1ccc(C2CC(C(F)(F)F)n3nc(C(=O)NCCc4ccccc4)cc3N2)cc1. The van der Waals surface area contributed by atoms with Crippen LogP contribution in [-0.2, 0) is 6.42 Å². The molecule has 0 bridgehead atoms.